The van der Waals surface area contributed by atoms with Crippen LogP contribution in [-0.2, 0) is 0 Å². The highest BCUT2D eigenvalue weighted by Crippen LogP contribution is 2.30. The van der Waals surface area contributed by atoms with Crippen molar-refractivity contribution < 1.29 is 9.72 Å². The number of nitro benzene ring substituents is 1. The summed E-state index contributed by atoms with van der Waals surface area (Å²) in [5.41, 5.74) is 3.12. The fourth-order valence-corrected chi connectivity index (χ4v) is 2.14. The van der Waals surface area contributed by atoms with Gasteiger partial charge in [-0.1, -0.05) is 23.8 Å². The van der Waals surface area contributed by atoms with Crippen molar-refractivity contribution in [1.82, 2.24) is 0 Å². The topological polar surface area (TPSA) is 72.2 Å². The molecule has 0 aliphatic rings. The molecule has 2 aromatic carbocycles. The lowest BCUT2D eigenvalue weighted by Crippen LogP contribution is -2.14. The average molecular weight is 284 g/mol. The summed E-state index contributed by atoms with van der Waals surface area (Å²) >= 11 is 0. The Morgan fingerprint density at radius 1 is 1.05 bits per heavy atom. The molecule has 0 aliphatic heterocycles. The molecule has 1 amide bonds. The van der Waals surface area contributed by atoms with Gasteiger partial charge in [0, 0.05) is 11.6 Å². The van der Waals surface area contributed by atoms with Crippen molar-refractivity contribution in [2.75, 3.05) is 5.32 Å². The van der Waals surface area contributed by atoms with E-state index in [1.807, 2.05) is 19.1 Å². The molecule has 0 bridgehead atoms. The van der Waals surface area contributed by atoms with E-state index in [1.54, 1.807) is 32.0 Å². The van der Waals surface area contributed by atoms with Crippen LogP contribution in [0.15, 0.2) is 36.4 Å². The van der Waals surface area contributed by atoms with Crippen molar-refractivity contribution >= 4 is 17.3 Å². The molecule has 2 aromatic rings. The van der Waals surface area contributed by atoms with E-state index >= 15 is 0 Å². The van der Waals surface area contributed by atoms with Crippen LogP contribution in [0.25, 0.3) is 0 Å². The van der Waals surface area contributed by atoms with Gasteiger partial charge in [0.15, 0.2) is 0 Å². The minimum atomic E-state index is -0.481. The van der Waals surface area contributed by atoms with Gasteiger partial charge in [0.1, 0.15) is 5.69 Å². The summed E-state index contributed by atoms with van der Waals surface area (Å²) in [6, 6.07) is 10.3. The van der Waals surface area contributed by atoms with Crippen LogP contribution < -0.4 is 5.32 Å². The molecule has 0 radical (unpaired) electrons. The smallest absolute Gasteiger partial charge is 0.293 e. The lowest BCUT2D eigenvalue weighted by atomic mass is 10.1. The Kier molecular flexibility index (Phi) is 4.03. The maximum atomic E-state index is 12.2. The molecule has 0 aliphatic carbocycles. The van der Waals surface area contributed by atoms with E-state index in [4.69, 9.17) is 0 Å². The third-order valence-electron chi connectivity index (χ3n) is 3.21. The predicted molar refractivity (Wildman–Crippen MR) is 81.7 cm³/mol. The molecule has 5 heteroatoms. The number of hydrogen-bond donors (Lipinski definition) is 1. The maximum absolute atomic E-state index is 12.2. The van der Waals surface area contributed by atoms with Gasteiger partial charge >= 0.3 is 0 Å². The zero-order chi connectivity index (χ0) is 15.6. The lowest BCUT2D eigenvalue weighted by molar-refractivity contribution is -0.384. The van der Waals surface area contributed by atoms with Gasteiger partial charge in [0.2, 0.25) is 0 Å². The SMILES string of the molecule is Cc1ccc(C(=O)Nc2c(C)cc(C)cc2[N+](=O)[O-])cc1. The Balaban J connectivity index is 2.37. The van der Waals surface area contributed by atoms with Crippen LogP contribution in [0, 0.1) is 30.9 Å². The van der Waals surface area contributed by atoms with Gasteiger partial charge in [-0.15, -0.1) is 0 Å². The van der Waals surface area contributed by atoms with Crippen LogP contribution in [0.1, 0.15) is 27.0 Å². The number of nitrogens with one attached hydrogen (secondary N) is 1. The number of nitrogens with zero attached hydrogens (tertiary/aromatic N) is 1. The Hall–Kier alpha value is -2.69. The quantitative estimate of drug-likeness (QED) is 0.688. The van der Waals surface area contributed by atoms with Crippen molar-refractivity contribution in [3.63, 3.8) is 0 Å². The minimum Gasteiger partial charge on any atom is -0.316 e. The summed E-state index contributed by atoms with van der Waals surface area (Å²) in [7, 11) is 0. The van der Waals surface area contributed by atoms with Crippen molar-refractivity contribution in [1.29, 1.82) is 0 Å². The van der Waals surface area contributed by atoms with Gasteiger partial charge < -0.3 is 5.32 Å². The van der Waals surface area contributed by atoms with E-state index in [9.17, 15) is 14.9 Å². The van der Waals surface area contributed by atoms with E-state index < -0.39 is 4.92 Å². The maximum Gasteiger partial charge on any atom is 0.293 e. The van der Waals surface area contributed by atoms with Crippen LogP contribution in [0.2, 0.25) is 0 Å². The summed E-state index contributed by atoms with van der Waals surface area (Å²) in [6.07, 6.45) is 0. The summed E-state index contributed by atoms with van der Waals surface area (Å²) < 4.78 is 0. The zero-order valence-electron chi connectivity index (χ0n) is 12.1. The van der Waals surface area contributed by atoms with E-state index in [0.717, 1.165) is 11.1 Å². The largest absolute Gasteiger partial charge is 0.316 e. The summed E-state index contributed by atoms with van der Waals surface area (Å²) in [5.74, 6) is -0.356. The standard InChI is InChI=1S/C16H16N2O3/c1-10-4-6-13(7-5-10)16(19)17-15-12(3)8-11(2)9-14(15)18(20)21/h4-9H,1-3H3,(H,17,19). The molecule has 0 fully saturated rings. The van der Waals surface area contributed by atoms with E-state index in [2.05, 4.69) is 5.32 Å². The van der Waals surface area contributed by atoms with Crippen molar-refractivity contribution in [3.05, 3.63) is 68.8 Å². The number of benzene rings is 2. The van der Waals surface area contributed by atoms with Gasteiger partial charge in [-0.3, -0.25) is 14.9 Å². The van der Waals surface area contributed by atoms with Crippen LogP contribution in [0.3, 0.4) is 0 Å². The number of hydrogen-bond acceptors (Lipinski definition) is 3. The Labute approximate surface area is 122 Å². The Morgan fingerprint density at radius 2 is 1.67 bits per heavy atom. The summed E-state index contributed by atoms with van der Waals surface area (Å²) in [4.78, 5) is 22.9. The number of nitro groups is 1. The monoisotopic (exact) mass is 284 g/mol. The van der Waals surface area contributed by atoms with Crippen LogP contribution in [0.4, 0.5) is 11.4 Å². The second-order valence-corrected chi connectivity index (χ2v) is 5.05. The number of anilines is 1. The molecule has 0 unspecified atom stereocenters. The molecule has 0 spiro atoms. The number of carbonyl (C=O) groups is 1. The molecule has 0 atom stereocenters. The molecular formula is C16H16N2O3. The van der Waals surface area contributed by atoms with Gasteiger partial charge in [-0.2, -0.15) is 0 Å². The first-order chi connectivity index (χ1) is 9.88. The molecule has 21 heavy (non-hydrogen) atoms. The first kappa shape index (κ1) is 14.7. The van der Waals surface area contributed by atoms with Crippen molar-refractivity contribution in [2.24, 2.45) is 0 Å². The fourth-order valence-electron chi connectivity index (χ4n) is 2.14. The molecule has 1 N–H and O–H groups in total. The van der Waals surface area contributed by atoms with Crippen LogP contribution >= 0.6 is 0 Å². The highest BCUT2D eigenvalue weighted by Gasteiger charge is 2.19. The summed E-state index contributed by atoms with van der Waals surface area (Å²) in [6.45, 7) is 5.45. The van der Waals surface area contributed by atoms with Crippen LogP contribution in [0.5, 0.6) is 0 Å². The number of carbonyl (C=O) groups excluding carboxylic acids is 1. The Morgan fingerprint density at radius 3 is 2.24 bits per heavy atom. The Bertz CT molecular complexity index is 706. The molecule has 0 saturated carbocycles. The van der Waals surface area contributed by atoms with Gasteiger partial charge in [0.25, 0.3) is 11.6 Å². The van der Waals surface area contributed by atoms with Crippen molar-refractivity contribution in [2.45, 2.75) is 20.8 Å². The number of aryl methyl sites for hydroxylation is 3. The second-order valence-electron chi connectivity index (χ2n) is 5.05. The van der Waals surface area contributed by atoms with E-state index in [-0.39, 0.29) is 17.3 Å². The first-order valence-corrected chi connectivity index (χ1v) is 6.52. The minimum absolute atomic E-state index is 0.0899. The average Bonchev–Trinajstić information content (AvgIpc) is 2.41. The number of amides is 1. The number of rotatable bonds is 3. The third-order valence-corrected chi connectivity index (χ3v) is 3.21. The second kappa shape index (κ2) is 5.75. The van der Waals surface area contributed by atoms with Gasteiger partial charge in [-0.25, -0.2) is 0 Å². The molecule has 5 nitrogen and oxygen atoms in total. The fraction of sp³-hybridized carbons (Fsp3) is 0.188. The molecule has 0 heterocycles. The van der Waals surface area contributed by atoms with E-state index in [0.29, 0.717) is 11.1 Å². The van der Waals surface area contributed by atoms with Crippen LogP contribution in [-0.4, -0.2) is 10.8 Å². The van der Waals surface area contributed by atoms with Gasteiger partial charge in [0.05, 0.1) is 4.92 Å². The predicted octanol–water partition coefficient (Wildman–Crippen LogP) is 3.77. The van der Waals surface area contributed by atoms with Gasteiger partial charge in [-0.05, 0) is 44.0 Å². The highest BCUT2D eigenvalue weighted by molar-refractivity contribution is 6.05. The molecular weight excluding hydrogens is 268 g/mol. The molecule has 0 aromatic heterocycles. The lowest BCUT2D eigenvalue weighted by Gasteiger charge is -2.10. The first-order valence-electron chi connectivity index (χ1n) is 6.52. The normalized spacial score (nSPS) is 10.2. The molecule has 0 saturated heterocycles. The zero-order valence-corrected chi connectivity index (χ0v) is 12.1. The van der Waals surface area contributed by atoms with E-state index in [1.165, 1.54) is 6.07 Å². The third kappa shape index (κ3) is 3.25. The summed E-state index contributed by atoms with van der Waals surface area (Å²) in [5, 5.41) is 13.8. The highest BCUT2D eigenvalue weighted by atomic mass is 16.6. The van der Waals surface area contributed by atoms with Crippen molar-refractivity contribution in [3.8, 4) is 0 Å². The molecule has 108 valence electrons. The molecule has 2 rings (SSSR count).